The molecule has 324 valence electrons. The highest BCUT2D eigenvalue weighted by Gasteiger charge is 2.47. The molecule has 1 aromatic carbocycles. The van der Waals surface area contributed by atoms with Crippen molar-refractivity contribution in [2.75, 3.05) is 20.2 Å². The van der Waals surface area contributed by atoms with E-state index in [2.05, 4.69) is 72.2 Å². The standard InChI is InChI=1S/C43H75N5O8Si/c1-26(2)34(39(51)47-35(27(3)4)40(52)54-14)46-37(49)28(5)33-22-23-48(30(7)45-38(50)29(6)44-41(53)55-42(8,9)10)25-32(24-31-20-18-17-19-21-31)36(33)56-57(15,16)43(11,12)13/h17-21,26-30,32-36H,22-25H2,1-16H3,(H,44,53)(H,45,50)(H,46,49)(H,47,51)/t28?,29-,30+,32?,33?,34+,35-,36?/m0/s1. The van der Waals surface area contributed by atoms with Crippen molar-refractivity contribution in [3.8, 4) is 0 Å². The molecule has 1 fully saturated rings. The van der Waals surface area contributed by atoms with Gasteiger partial charge in [0.25, 0.3) is 0 Å². The summed E-state index contributed by atoms with van der Waals surface area (Å²) < 4.78 is 17.7. The minimum absolute atomic E-state index is 0.0722. The maximum Gasteiger partial charge on any atom is 0.408 e. The number of alkyl carbamates (subject to hydrolysis) is 1. The van der Waals surface area contributed by atoms with Gasteiger partial charge in [-0.05, 0) is 88.9 Å². The smallest absolute Gasteiger partial charge is 0.408 e. The zero-order valence-electron chi connectivity index (χ0n) is 37.7. The van der Waals surface area contributed by atoms with Gasteiger partial charge in [-0.3, -0.25) is 19.3 Å². The highest BCUT2D eigenvalue weighted by atomic mass is 28.4. The third-order valence-electron chi connectivity index (χ3n) is 11.4. The van der Waals surface area contributed by atoms with E-state index in [0.29, 0.717) is 25.9 Å². The Morgan fingerprint density at radius 2 is 1.35 bits per heavy atom. The van der Waals surface area contributed by atoms with Crippen molar-refractivity contribution in [3.63, 3.8) is 0 Å². The average Bonchev–Trinajstić information content (AvgIpc) is 3.26. The van der Waals surface area contributed by atoms with Crippen LogP contribution < -0.4 is 21.3 Å². The fourth-order valence-corrected chi connectivity index (χ4v) is 8.26. The molecule has 2 rings (SSSR count). The number of carbonyl (C=O) groups excluding carboxylic acids is 5. The van der Waals surface area contributed by atoms with Crippen molar-refractivity contribution in [3.05, 3.63) is 35.9 Å². The largest absolute Gasteiger partial charge is 0.467 e. The van der Waals surface area contributed by atoms with Crippen LogP contribution in [0.1, 0.15) is 102 Å². The van der Waals surface area contributed by atoms with Gasteiger partial charge in [-0.25, -0.2) is 9.59 Å². The Kier molecular flexibility index (Phi) is 18.3. The third kappa shape index (κ3) is 15.0. The molecule has 8 atom stereocenters. The molecule has 0 bridgehead atoms. The zero-order valence-corrected chi connectivity index (χ0v) is 38.7. The molecule has 1 aromatic rings. The molecule has 0 aromatic heterocycles. The molecular formula is C43H75N5O8Si. The predicted octanol–water partition coefficient (Wildman–Crippen LogP) is 6.02. The summed E-state index contributed by atoms with van der Waals surface area (Å²) >= 11 is 0. The van der Waals surface area contributed by atoms with E-state index >= 15 is 0 Å². The molecule has 1 heterocycles. The fraction of sp³-hybridized carbons (Fsp3) is 0.744. The summed E-state index contributed by atoms with van der Waals surface area (Å²) in [6.07, 6.45) is -0.144. The second kappa shape index (κ2) is 21.0. The molecule has 4 unspecified atom stereocenters. The summed E-state index contributed by atoms with van der Waals surface area (Å²) in [6, 6.07) is 7.64. The number of carbonyl (C=O) groups is 5. The van der Waals surface area contributed by atoms with Crippen LogP contribution in [0.5, 0.6) is 0 Å². The van der Waals surface area contributed by atoms with Gasteiger partial charge in [0.2, 0.25) is 17.7 Å². The van der Waals surface area contributed by atoms with Crippen LogP contribution in [0.15, 0.2) is 30.3 Å². The first-order valence-electron chi connectivity index (χ1n) is 20.6. The Morgan fingerprint density at radius 3 is 1.86 bits per heavy atom. The van der Waals surface area contributed by atoms with Crippen LogP contribution >= 0.6 is 0 Å². The van der Waals surface area contributed by atoms with E-state index in [9.17, 15) is 24.0 Å². The number of rotatable bonds is 16. The Morgan fingerprint density at radius 1 is 0.789 bits per heavy atom. The van der Waals surface area contributed by atoms with Crippen LogP contribution in [-0.2, 0) is 39.5 Å². The number of methoxy groups -OCH3 is 1. The first-order chi connectivity index (χ1) is 26.2. The van der Waals surface area contributed by atoms with Crippen LogP contribution in [-0.4, -0.2) is 99.2 Å². The fourth-order valence-electron chi connectivity index (χ4n) is 6.86. The van der Waals surface area contributed by atoms with Gasteiger partial charge in [-0.1, -0.05) is 85.7 Å². The number of nitrogens with one attached hydrogen (secondary N) is 4. The molecule has 4 N–H and O–H groups in total. The molecular weight excluding hydrogens is 743 g/mol. The van der Waals surface area contributed by atoms with Crippen molar-refractivity contribution in [2.24, 2.45) is 29.6 Å². The van der Waals surface area contributed by atoms with E-state index in [-0.39, 0.29) is 46.6 Å². The molecule has 0 saturated carbocycles. The van der Waals surface area contributed by atoms with Gasteiger partial charge >= 0.3 is 12.1 Å². The molecule has 0 aliphatic carbocycles. The number of nitrogens with zero attached hydrogens (tertiary/aromatic N) is 1. The Labute approximate surface area is 344 Å². The summed E-state index contributed by atoms with van der Waals surface area (Å²) in [4.78, 5) is 68.7. The number of esters is 1. The van der Waals surface area contributed by atoms with Gasteiger partial charge in [0, 0.05) is 24.9 Å². The summed E-state index contributed by atoms with van der Waals surface area (Å²) in [5.41, 5.74) is 0.433. The first-order valence-corrected chi connectivity index (χ1v) is 23.5. The van der Waals surface area contributed by atoms with Crippen LogP contribution in [0.4, 0.5) is 4.79 Å². The van der Waals surface area contributed by atoms with Crippen LogP contribution in [0.2, 0.25) is 18.1 Å². The Balaban J connectivity index is 2.54. The van der Waals surface area contributed by atoms with Crippen LogP contribution in [0.3, 0.4) is 0 Å². The van der Waals surface area contributed by atoms with Crippen molar-refractivity contribution in [1.29, 1.82) is 0 Å². The normalized spacial score (nSPS) is 21.0. The highest BCUT2D eigenvalue weighted by Crippen LogP contribution is 2.42. The summed E-state index contributed by atoms with van der Waals surface area (Å²) in [5, 5.41) is 11.5. The molecule has 13 nitrogen and oxygen atoms in total. The lowest BCUT2D eigenvalue weighted by molar-refractivity contribution is -0.147. The van der Waals surface area contributed by atoms with E-state index in [1.807, 2.05) is 59.7 Å². The third-order valence-corrected chi connectivity index (χ3v) is 15.9. The van der Waals surface area contributed by atoms with Gasteiger partial charge in [0.05, 0.1) is 19.4 Å². The molecule has 0 spiro atoms. The van der Waals surface area contributed by atoms with Gasteiger partial charge in [0.15, 0.2) is 8.32 Å². The molecule has 0 radical (unpaired) electrons. The number of hydrogen-bond donors (Lipinski definition) is 4. The molecule has 57 heavy (non-hydrogen) atoms. The van der Waals surface area contributed by atoms with Crippen molar-refractivity contribution in [2.45, 2.75) is 157 Å². The number of likely N-dealkylation sites (tertiary alicyclic amines) is 1. The van der Waals surface area contributed by atoms with Crippen LogP contribution in [0.25, 0.3) is 0 Å². The van der Waals surface area contributed by atoms with Gasteiger partial charge in [0.1, 0.15) is 23.7 Å². The average molecular weight is 818 g/mol. The minimum Gasteiger partial charge on any atom is -0.467 e. The minimum atomic E-state index is -2.41. The Hall–Kier alpha value is -3.49. The van der Waals surface area contributed by atoms with Crippen molar-refractivity contribution >= 4 is 38.1 Å². The van der Waals surface area contributed by atoms with E-state index in [4.69, 9.17) is 13.9 Å². The van der Waals surface area contributed by atoms with Gasteiger partial charge < -0.3 is 35.2 Å². The number of benzene rings is 1. The quantitative estimate of drug-likeness (QED) is 0.115. The summed E-state index contributed by atoms with van der Waals surface area (Å²) in [7, 11) is -1.13. The molecule has 14 heteroatoms. The summed E-state index contributed by atoms with van der Waals surface area (Å²) in [5.74, 6) is -2.97. The molecule has 1 aliphatic heterocycles. The molecule has 1 saturated heterocycles. The second-order valence-electron chi connectivity index (χ2n) is 19.1. The molecule has 4 amide bonds. The number of hydrogen-bond acceptors (Lipinski definition) is 9. The van der Waals surface area contributed by atoms with E-state index < -0.39 is 62.1 Å². The van der Waals surface area contributed by atoms with E-state index in [1.54, 1.807) is 27.7 Å². The first kappa shape index (κ1) is 49.7. The number of amides is 4. The lowest BCUT2D eigenvalue weighted by Gasteiger charge is -2.45. The van der Waals surface area contributed by atoms with E-state index in [1.165, 1.54) is 7.11 Å². The lowest BCUT2D eigenvalue weighted by atomic mass is 9.79. The Bertz CT molecular complexity index is 1490. The van der Waals surface area contributed by atoms with Crippen molar-refractivity contribution < 1.29 is 37.9 Å². The molecule has 1 aliphatic rings. The van der Waals surface area contributed by atoms with Gasteiger partial charge in [-0.15, -0.1) is 0 Å². The van der Waals surface area contributed by atoms with E-state index in [0.717, 1.165) is 5.56 Å². The monoisotopic (exact) mass is 818 g/mol. The number of ether oxygens (including phenoxy) is 2. The highest BCUT2D eigenvalue weighted by molar-refractivity contribution is 6.74. The maximum absolute atomic E-state index is 14.4. The second-order valence-corrected chi connectivity index (χ2v) is 23.8. The lowest BCUT2D eigenvalue weighted by Crippen LogP contribution is -2.57. The topological polar surface area (TPSA) is 164 Å². The maximum atomic E-state index is 14.4. The van der Waals surface area contributed by atoms with Crippen LogP contribution in [0, 0.1) is 29.6 Å². The predicted molar refractivity (Wildman–Crippen MR) is 227 cm³/mol. The SMILES string of the molecule is COC(=O)[C@@H](NC(=O)[C@H](NC(=O)C(C)C1CCN([C@H](C)NC(=O)[C@H](C)NC(=O)OC(C)(C)C)CC(Cc2ccccc2)C1O[Si](C)(C)C(C)(C)C)C(C)C)C(C)C. The van der Waals surface area contributed by atoms with Crippen molar-refractivity contribution in [1.82, 2.24) is 26.2 Å². The summed E-state index contributed by atoms with van der Waals surface area (Å²) in [6.45, 7) is 30.3. The zero-order chi connectivity index (χ0) is 43.6. The van der Waals surface area contributed by atoms with Gasteiger partial charge in [-0.2, -0.15) is 0 Å².